The molecular weight excluding hydrogens is 434 g/mol. The highest BCUT2D eigenvalue weighted by Crippen LogP contribution is 2.28. The Labute approximate surface area is 194 Å². The molecule has 2 heterocycles. The number of methoxy groups -OCH3 is 1. The molecule has 3 aromatic rings. The fourth-order valence-electron chi connectivity index (χ4n) is 4.80. The Morgan fingerprint density at radius 1 is 0.879 bits per heavy atom. The number of ether oxygens (including phenoxy) is 3. The fraction of sp³-hybridized carbons (Fsp3) is 0.269. The minimum absolute atomic E-state index is 0.161. The van der Waals surface area contributed by atoms with Crippen molar-refractivity contribution in [2.24, 2.45) is 0 Å². The molecule has 1 amide bonds. The van der Waals surface area contributed by atoms with Gasteiger partial charge in [-0.3, -0.25) is 0 Å². The zero-order valence-electron chi connectivity index (χ0n) is 18.4. The molecular formula is C26H27NO5Si. The van der Waals surface area contributed by atoms with Gasteiger partial charge in [0, 0.05) is 13.5 Å². The molecule has 2 saturated heterocycles. The van der Waals surface area contributed by atoms with Gasteiger partial charge in [-0.15, -0.1) is 0 Å². The maximum Gasteiger partial charge on any atom is 0.407 e. The average Bonchev–Trinajstić information content (AvgIpc) is 3.26. The highest BCUT2D eigenvalue weighted by molar-refractivity contribution is 7.07. The van der Waals surface area contributed by atoms with Crippen LogP contribution in [0.1, 0.15) is 6.42 Å². The number of hydrogen-bond acceptors (Lipinski definition) is 5. The number of carbonyl (C=O) groups is 1. The summed E-state index contributed by atoms with van der Waals surface area (Å²) in [5.41, 5.74) is 0. The van der Waals surface area contributed by atoms with E-state index in [9.17, 15) is 4.79 Å². The van der Waals surface area contributed by atoms with Gasteiger partial charge < -0.3 is 24.0 Å². The van der Waals surface area contributed by atoms with Gasteiger partial charge >= 0.3 is 6.09 Å². The predicted octanol–water partition coefficient (Wildman–Crippen LogP) is 1.91. The van der Waals surface area contributed by atoms with Crippen molar-refractivity contribution in [3.8, 4) is 0 Å². The topological polar surface area (TPSA) is 66.0 Å². The van der Waals surface area contributed by atoms with Crippen LogP contribution in [0.3, 0.4) is 0 Å². The van der Waals surface area contributed by atoms with Crippen LogP contribution in [-0.4, -0.2) is 52.7 Å². The first-order valence-electron chi connectivity index (χ1n) is 11.2. The molecule has 7 heteroatoms. The molecule has 5 rings (SSSR count). The molecule has 33 heavy (non-hydrogen) atoms. The van der Waals surface area contributed by atoms with E-state index in [1.54, 1.807) is 7.11 Å². The number of carbonyl (C=O) groups excluding carboxylic acids is 1. The van der Waals surface area contributed by atoms with Crippen LogP contribution in [-0.2, 0) is 18.6 Å². The van der Waals surface area contributed by atoms with Crippen molar-refractivity contribution < 1.29 is 23.4 Å². The summed E-state index contributed by atoms with van der Waals surface area (Å²) < 4.78 is 24.2. The third kappa shape index (κ3) is 4.20. The van der Waals surface area contributed by atoms with Crippen LogP contribution in [0.15, 0.2) is 91.0 Å². The number of rotatable bonds is 7. The number of amides is 1. The molecule has 0 aliphatic carbocycles. The summed E-state index contributed by atoms with van der Waals surface area (Å²) in [7, 11) is -1.27. The zero-order valence-corrected chi connectivity index (χ0v) is 19.4. The van der Waals surface area contributed by atoms with Gasteiger partial charge in [-0.05, 0) is 15.6 Å². The van der Waals surface area contributed by atoms with Crippen LogP contribution < -0.4 is 20.9 Å². The number of nitrogens with one attached hydrogen (secondary N) is 1. The number of fused-ring (bicyclic) bond motifs is 1. The second-order valence-corrected chi connectivity index (χ2v) is 11.7. The maximum atomic E-state index is 12.0. The first kappa shape index (κ1) is 21.9. The fourth-order valence-corrected chi connectivity index (χ4v) is 8.70. The molecule has 2 fully saturated rings. The highest BCUT2D eigenvalue weighted by atomic mass is 28.4. The Hall–Kier alpha value is -2.97. The molecule has 0 saturated carbocycles. The SMILES string of the molecule is CO[C@@H]1C[C@@H]2NC(=O)O[C@@H]2[C@@H](CO[Si](c2ccccc2)(c2ccccc2)c2ccccc2)O1. The lowest BCUT2D eigenvalue weighted by Gasteiger charge is -2.39. The van der Waals surface area contributed by atoms with Crippen molar-refractivity contribution in [1.82, 2.24) is 5.32 Å². The third-order valence-electron chi connectivity index (χ3n) is 6.35. The standard InChI is InChI=1S/C26H27NO5Si/c1-29-24-17-22-25(32-26(28)27-22)23(31-24)18-30-33(19-11-5-2-6-12-19,20-13-7-3-8-14-20)21-15-9-4-10-16-21/h2-16,22-25H,17-18H2,1H3,(H,27,28)/t22-,23+,24-,25-/m0/s1. The highest BCUT2D eigenvalue weighted by Gasteiger charge is 2.49. The molecule has 0 unspecified atom stereocenters. The largest absolute Gasteiger partial charge is 0.441 e. The van der Waals surface area contributed by atoms with Crippen LogP contribution >= 0.6 is 0 Å². The molecule has 2 aliphatic rings. The Bertz CT molecular complexity index is 969. The second-order valence-electron chi connectivity index (χ2n) is 8.29. The van der Waals surface area contributed by atoms with Crippen LogP contribution in [0, 0.1) is 0 Å². The van der Waals surface area contributed by atoms with Crippen molar-refractivity contribution in [1.29, 1.82) is 0 Å². The Morgan fingerprint density at radius 2 is 1.39 bits per heavy atom. The summed E-state index contributed by atoms with van der Waals surface area (Å²) in [4.78, 5) is 12.0. The molecule has 170 valence electrons. The normalized spacial score (nSPS) is 24.6. The minimum Gasteiger partial charge on any atom is -0.441 e. The lowest BCUT2D eigenvalue weighted by molar-refractivity contribution is -0.216. The molecule has 3 aromatic carbocycles. The Kier molecular flexibility index (Phi) is 6.28. The lowest BCUT2D eigenvalue weighted by atomic mass is 10.00. The van der Waals surface area contributed by atoms with E-state index in [1.807, 2.05) is 54.6 Å². The number of alkyl carbamates (subject to hydrolysis) is 1. The maximum absolute atomic E-state index is 12.0. The van der Waals surface area contributed by atoms with E-state index in [0.717, 1.165) is 15.6 Å². The van der Waals surface area contributed by atoms with Gasteiger partial charge in [0.1, 0.15) is 6.10 Å². The number of benzene rings is 3. The first-order valence-corrected chi connectivity index (χ1v) is 13.1. The van der Waals surface area contributed by atoms with E-state index in [-0.39, 0.29) is 12.6 Å². The lowest BCUT2D eigenvalue weighted by Crippen LogP contribution is -2.70. The quantitative estimate of drug-likeness (QED) is 0.430. The molecule has 0 bridgehead atoms. The van der Waals surface area contributed by atoms with Gasteiger partial charge in [-0.1, -0.05) is 91.0 Å². The molecule has 4 atom stereocenters. The van der Waals surface area contributed by atoms with Gasteiger partial charge in [-0.25, -0.2) is 4.79 Å². The summed E-state index contributed by atoms with van der Waals surface area (Å²) in [6, 6.07) is 30.9. The van der Waals surface area contributed by atoms with E-state index < -0.39 is 32.9 Å². The second kappa shape index (κ2) is 9.49. The van der Waals surface area contributed by atoms with Gasteiger partial charge in [-0.2, -0.15) is 0 Å². The Balaban J connectivity index is 1.56. The van der Waals surface area contributed by atoms with E-state index in [4.69, 9.17) is 18.6 Å². The van der Waals surface area contributed by atoms with E-state index in [2.05, 4.69) is 41.7 Å². The summed E-state index contributed by atoms with van der Waals surface area (Å²) in [6.07, 6.45) is -1.17. The van der Waals surface area contributed by atoms with Gasteiger partial charge in [0.25, 0.3) is 8.32 Å². The van der Waals surface area contributed by atoms with Crippen molar-refractivity contribution in [3.05, 3.63) is 91.0 Å². The van der Waals surface area contributed by atoms with Crippen LogP contribution in [0.4, 0.5) is 4.79 Å². The molecule has 0 radical (unpaired) electrons. The number of hydrogen-bond donors (Lipinski definition) is 1. The van der Waals surface area contributed by atoms with Crippen molar-refractivity contribution in [2.45, 2.75) is 31.0 Å². The van der Waals surface area contributed by atoms with Gasteiger partial charge in [0.15, 0.2) is 12.4 Å². The third-order valence-corrected chi connectivity index (χ3v) is 10.4. The molecule has 0 aromatic heterocycles. The van der Waals surface area contributed by atoms with Gasteiger partial charge in [0.2, 0.25) is 0 Å². The molecule has 6 nitrogen and oxygen atoms in total. The summed E-state index contributed by atoms with van der Waals surface area (Å²) in [5.74, 6) is 0. The van der Waals surface area contributed by atoms with E-state index in [1.165, 1.54) is 0 Å². The van der Waals surface area contributed by atoms with Crippen molar-refractivity contribution in [2.75, 3.05) is 13.7 Å². The Morgan fingerprint density at radius 3 is 1.88 bits per heavy atom. The smallest absolute Gasteiger partial charge is 0.407 e. The van der Waals surface area contributed by atoms with E-state index >= 15 is 0 Å². The van der Waals surface area contributed by atoms with Crippen molar-refractivity contribution >= 4 is 30.0 Å². The molecule has 2 aliphatic heterocycles. The molecule has 1 N–H and O–H groups in total. The van der Waals surface area contributed by atoms with E-state index in [0.29, 0.717) is 6.42 Å². The average molecular weight is 462 g/mol. The van der Waals surface area contributed by atoms with Crippen molar-refractivity contribution in [3.63, 3.8) is 0 Å². The summed E-state index contributed by atoms with van der Waals surface area (Å²) in [5, 5.41) is 6.29. The minimum atomic E-state index is -2.88. The predicted molar refractivity (Wildman–Crippen MR) is 127 cm³/mol. The summed E-state index contributed by atoms with van der Waals surface area (Å²) in [6.45, 7) is 0.265. The molecule has 0 spiro atoms. The zero-order chi connectivity index (χ0) is 22.7. The van der Waals surface area contributed by atoms with Crippen LogP contribution in [0.5, 0.6) is 0 Å². The monoisotopic (exact) mass is 461 g/mol. The summed E-state index contributed by atoms with van der Waals surface area (Å²) >= 11 is 0. The van der Waals surface area contributed by atoms with Crippen LogP contribution in [0.25, 0.3) is 0 Å². The van der Waals surface area contributed by atoms with Crippen LogP contribution in [0.2, 0.25) is 0 Å². The first-order chi connectivity index (χ1) is 16.2. The van der Waals surface area contributed by atoms with Gasteiger partial charge in [0.05, 0.1) is 12.6 Å².